The number of carbonyl (C=O) groups excluding carboxylic acids is 2. The Morgan fingerprint density at radius 3 is 2.59 bits per heavy atom. The first-order valence-corrected chi connectivity index (χ1v) is 6.27. The van der Waals surface area contributed by atoms with Crippen LogP contribution >= 0.6 is 0 Å². The van der Waals surface area contributed by atoms with Crippen LogP contribution in [0.1, 0.15) is 39.5 Å². The molecule has 2 fully saturated rings. The largest absolute Gasteiger partial charge is 0.392 e. The van der Waals surface area contributed by atoms with Crippen molar-refractivity contribution in [3.8, 4) is 0 Å². The molecule has 1 unspecified atom stereocenters. The van der Waals surface area contributed by atoms with Crippen molar-refractivity contribution in [2.45, 2.75) is 51.2 Å². The summed E-state index contributed by atoms with van der Waals surface area (Å²) in [5.74, 6) is 0.424. The molecule has 2 rings (SSSR count). The molecule has 3 amide bonds. The van der Waals surface area contributed by atoms with E-state index >= 15 is 0 Å². The van der Waals surface area contributed by atoms with Gasteiger partial charge in [-0.1, -0.05) is 6.92 Å². The number of imide groups is 1. The second kappa shape index (κ2) is 4.29. The third kappa shape index (κ3) is 2.04. The normalized spacial score (nSPS) is 35.2. The minimum atomic E-state index is -0.694. The molecule has 96 valence electrons. The van der Waals surface area contributed by atoms with Crippen molar-refractivity contribution in [3.63, 3.8) is 0 Å². The predicted octanol–water partition coefficient (Wildman–Crippen LogP) is 0.868. The SMILES string of the molecule is CC(O)CN1C(=O)NC(=O)C12CCC(C)CC2. The van der Waals surface area contributed by atoms with Crippen molar-refractivity contribution in [1.82, 2.24) is 10.2 Å². The Bertz CT molecular complexity index is 333. The average molecular weight is 240 g/mol. The van der Waals surface area contributed by atoms with Crippen LogP contribution in [0.15, 0.2) is 0 Å². The summed E-state index contributed by atoms with van der Waals surface area (Å²) in [5.41, 5.74) is -0.694. The van der Waals surface area contributed by atoms with Crippen LogP contribution in [0.25, 0.3) is 0 Å². The summed E-state index contributed by atoms with van der Waals surface area (Å²) in [5, 5.41) is 11.8. The van der Waals surface area contributed by atoms with Gasteiger partial charge in [-0.2, -0.15) is 0 Å². The van der Waals surface area contributed by atoms with E-state index in [1.54, 1.807) is 6.92 Å². The van der Waals surface area contributed by atoms with Crippen molar-refractivity contribution in [3.05, 3.63) is 0 Å². The Labute approximate surface area is 101 Å². The van der Waals surface area contributed by atoms with Gasteiger partial charge in [-0.05, 0) is 38.5 Å². The zero-order valence-electron chi connectivity index (χ0n) is 10.4. The number of carbonyl (C=O) groups is 2. The Balaban J connectivity index is 2.22. The Kier molecular flexibility index (Phi) is 3.12. The quantitative estimate of drug-likeness (QED) is 0.704. The predicted molar refractivity (Wildman–Crippen MR) is 62.3 cm³/mol. The first-order valence-electron chi connectivity index (χ1n) is 6.27. The Morgan fingerprint density at radius 1 is 1.47 bits per heavy atom. The average Bonchev–Trinajstić information content (AvgIpc) is 2.47. The van der Waals surface area contributed by atoms with E-state index in [9.17, 15) is 14.7 Å². The molecule has 0 radical (unpaired) electrons. The number of urea groups is 1. The second-order valence-electron chi connectivity index (χ2n) is 5.43. The van der Waals surface area contributed by atoms with Crippen LogP contribution in [0.2, 0.25) is 0 Å². The molecule has 0 aromatic heterocycles. The molecule has 5 nitrogen and oxygen atoms in total. The molecular formula is C12H20N2O3. The summed E-state index contributed by atoms with van der Waals surface area (Å²) in [6.45, 7) is 4.03. The highest BCUT2D eigenvalue weighted by molar-refractivity contribution is 6.07. The molecule has 1 aliphatic heterocycles. The van der Waals surface area contributed by atoms with Gasteiger partial charge in [0.25, 0.3) is 5.91 Å². The van der Waals surface area contributed by atoms with Gasteiger partial charge in [-0.3, -0.25) is 10.1 Å². The highest BCUT2D eigenvalue weighted by atomic mass is 16.3. The number of hydrogen-bond acceptors (Lipinski definition) is 3. The van der Waals surface area contributed by atoms with E-state index in [-0.39, 0.29) is 18.5 Å². The molecule has 0 aromatic carbocycles. The van der Waals surface area contributed by atoms with E-state index in [1.165, 1.54) is 4.90 Å². The molecule has 1 aliphatic carbocycles. The van der Waals surface area contributed by atoms with E-state index in [0.29, 0.717) is 18.8 Å². The molecule has 1 heterocycles. The van der Waals surface area contributed by atoms with Crippen molar-refractivity contribution in [2.24, 2.45) is 5.92 Å². The minimum Gasteiger partial charge on any atom is -0.392 e. The van der Waals surface area contributed by atoms with Crippen LogP contribution in [0.5, 0.6) is 0 Å². The van der Waals surface area contributed by atoms with E-state index in [2.05, 4.69) is 12.2 Å². The van der Waals surface area contributed by atoms with E-state index in [4.69, 9.17) is 0 Å². The summed E-state index contributed by atoms with van der Waals surface area (Å²) in [6.07, 6.45) is 2.72. The summed E-state index contributed by atoms with van der Waals surface area (Å²) < 4.78 is 0. The fourth-order valence-electron chi connectivity index (χ4n) is 2.86. The fourth-order valence-corrected chi connectivity index (χ4v) is 2.86. The van der Waals surface area contributed by atoms with E-state index in [1.807, 2.05) is 0 Å². The lowest BCUT2D eigenvalue weighted by Gasteiger charge is -2.40. The minimum absolute atomic E-state index is 0.185. The van der Waals surface area contributed by atoms with Crippen LogP contribution in [-0.4, -0.2) is 40.1 Å². The summed E-state index contributed by atoms with van der Waals surface area (Å²) in [7, 11) is 0. The Hall–Kier alpha value is -1.10. The van der Waals surface area contributed by atoms with Crippen molar-refractivity contribution < 1.29 is 14.7 Å². The maximum Gasteiger partial charge on any atom is 0.325 e. The first-order chi connectivity index (χ1) is 7.95. The van der Waals surface area contributed by atoms with Gasteiger partial charge in [0.2, 0.25) is 0 Å². The monoisotopic (exact) mass is 240 g/mol. The van der Waals surface area contributed by atoms with Crippen LogP contribution in [0.3, 0.4) is 0 Å². The number of nitrogens with zero attached hydrogens (tertiary/aromatic N) is 1. The van der Waals surface area contributed by atoms with Gasteiger partial charge >= 0.3 is 6.03 Å². The third-order valence-corrected chi connectivity index (χ3v) is 3.95. The van der Waals surface area contributed by atoms with Gasteiger partial charge in [-0.25, -0.2) is 4.79 Å². The lowest BCUT2D eigenvalue weighted by Crippen LogP contribution is -2.53. The van der Waals surface area contributed by atoms with Crippen molar-refractivity contribution >= 4 is 11.9 Å². The van der Waals surface area contributed by atoms with Crippen LogP contribution in [0.4, 0.5) is 4.79 Å². The number of aliphatic hydroxyl groups excluding tert-OH is 1. The van der Waals surface area contributed by atoms with Gasteiger partial charge < -0.3 is 10.0 Å². The number of rotatable bonds is 2. The molecule has 1 spiro atoms. The maximum atomic E-state index is 12.0. The molecule has 0 bridgehead atoms. The van der Waals surface area contributed by atoms with E-state index in [0.717, 1.165) is 12.8 Å². The molecule has 2 N–H and O–H groups in total. The summed E-state index contributed by atoms with van der Waals surface area (Å²) >= 11 is 0. The van der Waals surface area contributed by atoms with Crippen LogP contribution in [-0.2, 0) is 4.79 Å². The maximum absolute atomic E-state index is 12.0. The number of nitrogens with one attached hydrogen (secondary N) is 1. The van der Waals surface area contributed by atoms with Gasteiger partial charge in [0.1, 0.15) is 5.54 Å². The van der Waals surface area contributed by atoms with Gasteiger partial charge in [0.05, 0.1) is 6.10 Å². The van der Waals surface area contributed by atoms with Gasteiger partial charge in [0, 0.05) is 6.54 Å². The fraction of sp³-hybridized carbons (Fsp3) is 0.833. The van der Waals surface area contributed by atoms with E-state index < -0.39 is 11.6 Å². The number of aliphatic hydroxyl groups is 1. The second-order valence-corrected chi connectivity index (χ2v) is 5.43. The van der Waals surface area contributed by atoms with Crippen molar-refractivity contribution in [2.75, 3.05) is 6.54 Å². The topological polar surface area (TPSA) is 69.6 Å². The highest BCUT2D eigenvalue weighted by Crippen LogP contribution is 2.39. The molecule has 17 heavy (non-hydrogen) atoms. The molecule has 1 saturated heterocycles. The smallest absolute Gasteiger partial charge is 0.325 e. The number of hydrogen-bond donors (Lipinski definition) is 2. The molecule has 0 aromatic rings. The summed E-state index contributed by atoms with van der Waals surface area (Å²) in [4.78, 5) is 25.3. The lowest BCUT2D eigenvalue weighted by atomic mass is 9.76. The van der Waals surface area contributed by atoms with Crippen LogP contribution in [0, 0.1) is 5.92 Å². The van der Waals surface area contributed by atoms with Gasteiger partial charge in [-0.15, -0.1) is 0 Å². The van der Waals surface area contributed by atoms with Crippen LogP contribution < -0.4 is 5.32 Å². The Morgan fingerprint density at radius 2 is 2.06 bits per heavy atom. The number of β-amino-alcohol motifs (C(OH)–C–C–N with tert-alkyl or cyclic N) is 1. The summed E-state index contributed by atoms with van der Waals surface area (Å²) in [6, 6.07) is -0.356. The highest BCUT2D eigenvalue weighted by Gasteiger charge is 2.53. The standard InChI is InChI=1S/C12H20N2O3/c1-8-3-5-12(6-4-8)10(16)13-11(17)14(12)7-9(2)15/h8-9,15H,3-7H2,1-2H3,(H,13,16,17). The third-order valence-electron chi connectivity index (χ3n) is 3.95. The number of amides is 3. The zero-order valence-corrected chi connectivity index (χ0v) is 10.4. The molecule has 1 atom stereocenters. The van der Waals surface area contributed by atoms with Crippen molar-refractivity contribution in [1.29, 1.82) is 0 Å². The molecular weight excluding hydrogens is 220 g/mol. The lowest BCUT2D eigenvalue weighted by molar-refractivity contribution is -0.129. The zero-order chi connectivity index (χ0) is 12.6. The molecule has 5 heteroatoms. The first kappa shape index (κ1) is 12.4. The molecule has 2 aliphatic rings. The molecule has 1 saturated carbocycles. The van der Waals surface area contributed by atoms with Gasteiger partial charge in [0.15, 0.2) is 0 Å².